The zero-order valence-electron chi connectivity index (χ0n) is 17.2. The van der Waals surface area contributed by atoms with Gasteiger partial charge in [-0.2, -0.15) is 0 Å². The summed E-state index contributed by atoms with van der Waals surface area (Å²) in [6.45, 7) is 2.31. The minimum absolute atomic E-state index is 0.0673. The van der Waals surface area contributed by atoms with Crippen molar-refractivity contribution in [3.63, 3.8) is 0 Å². The van der Waals surface area contributed by atoms with Crippen LogP contribution in [0.15, 0.2) is 53.0 Å². The number of carbonyl (C=O) groups is 3. The van der Waals surface area contributed by atoms with Crippen LogP contribution in [0.3, 0.4) is 0 Å². The van der Waals surface area contributed by atoms with Gasteiger partial charge in [-0.1, -0.05) is 40.2 Å². The summed E-state index contributed by atoms with van der Waals surface area (Å²) in [5, 5.41) is 5.83. The number of benzene rings is 2. The highest BCUT2D eigenvalue weighted by atomic mass is 79.9. The SMILES string of the molecule is CC(=O)NC(CC(=O)NC1CCN(C(=O)c2ccccc2F)CC1)c1ccc(Br)cc1. The maximum absolute atomic E-state index is 13.9. The second kappa shape index (κ2) is 10.5. The van der Waals surface area contributed by atoms with Gasteiger partial charge in [-0.15, -0.1) is 0 Å². The quantitative estimate of drug-likeness (QED) is 0.650. The first-order valence-corrected chi connectivity index (χ1v) is 11.0. The van der Waals surface area contributed by atoms with Crippen molar-refractivity contribution in [2.24, 2.45) is 0 Å². The molecular formula is C23H25BrFN3O3. The zero-order valence-corrected chi connectivity index (χ0v) is 18.8. The Balaban J connectivity index is 1.54. The Hall–Kier alpha value is -2.74. The Morgan fingerprint density at radius 1 is 1.10 bits per heavy atom. The fourth-order valence-corrected chi connectivity index (χ4v) is 3.96. The van der Waals surface area contributed by atoms with Crippen LogP contribution in [0, 0.1) is 5.82 Å². The fraction of sp³-hybridized carbons (Fsp3) is 0.348. The Bertz CT molecular complexity index is 943. The smallest absolute Gasteiger partial charge is 0.256 e. The van der Waals surface area contributed by atoms with Crippen LogP contribution in [0.25, 0.3) is 0 Å². The van der Waals surface area contributed by atoms with Crippen LogP contribution in [0.2, 0.25) is 0 Å². The van der Waals surface area contributed by atoms with Crippen molar-refractivity contribution in [3.8, 4) is 0 Å². The molecule has 1 atom stereocenters. The Kier molecular flexibility index (Phi) is 7.79. The highest BCUT2D eigenvalue weighted by Crippen LogP contribution is 2.21. The molecule has 2 aromatic rings. The summed E-state index contributed by atoms with van der Waals surface area (Å²) >= 11 is 3.38. The molecule has 0 radical (unpaired) electrons. The van der Waals surface area contributed by atoms with E-state index in [2.05, 4.69) is 26.6 Å². The molecule has 1 unspecified atom stereocenters. The molecule has 1 aliphatic heterocycles. The second-order valence-electron chi connectivity index (χ2n) is 7.62. The molecule has 3 rings (SSSR count). The molecule has 0 spiro atoms. The molecule has 8 heteroatoms. The van der Waals surface area contributed by atoms with Crippen molar-refractivity contribution >= 4 is 33.7 Å². The summed E-state index contributed by atoms with van der Waals surface area (Å²) in [6, 6.07) is 12.9. The molecule has 0 aliphatic carbocycles. The van der Waals surface area contributed by atoms with Gasteiger partial charge in [0.05, 0.1) is 18.0 Å². The average Bonchev–Trinajstić information content (AvgIpc) is 2.74. The van der Waals surface area contributed by atoms with Crippen LogP contribution in [-0.4, -0.2) is 41.8 Å². The van der Waals surface area contributed by atoms with Gasteiger partial charge in [0.2, 0.25) is 11.8 Å². The van der Waals surface area contributed by atoms with Crippen molar-refractivity contribution in [2.45, 2.75) is 38.3 Å². The number of piperidine rings is 1. The van der Waals surface area contributed by atoms with Gasteiger partial charge in [0.25, 0.3) is 5.91 Å². The number of hydrogen-bond acceptors (Lipinski definition) is 3. The third-order valence-corrected chi connectivity index (χ3v) is 5.82. The standard InChI is InChI=1S/C23H25BrFN3O3/c1-15(29)26-21(16-6-8-17(24)9-7-16)14-22(30)27-18-10-12-28(13-11-18)23(31)19-4-2-3-5-20(19)25/h2-9,18,21H,10-14H2,1H3,(H,26,29)(H,27,30). The first kappa shape index (κ1) is 22.9. The van der Waals surface area contributed by atoms with Gasteiger partial charge in [-0.25, -0.2) is 4.39 Å². The second-order valence-corrected chi connectivity index (χ2v) is 8.54. The molecular weight excluding hydrogens is 465 g/mol. The van der Waals surface area contributed by atoms with Crippen LogP contribution in [-0.2, 0) is 9.59 Å². The summed E-state index contributed by atoms with van der Waals surface area (Å²) in [5.41, 5.74) is 0.913. The van der Waals surface area contributed by atoms with Crippen LogP contribution in [0.1, 0.15) is 48.1 Å². The van der Waals surface area contributed by atoms with Gasteiger partial charge < -0.3 is 15.5 Å². The van der Waals surface area contributed by atoms with Gasteiger partial charge >= 0.3 is 0 Å². The van der Waals surface area contributed by atoms with E-state index in [-0.39, 0.29) is 35.7 Å². The molecule has 6 nitrogen and oxygen atoms in total. The maximum atomic E-state index is 13.9. The van der Waals surface area contributed by atoms with E-state index < -0.39 is 11.9 Å². The monoisotopic (exact) mass is 489 g/mol. The molecule has 3 amide bonds. The third kappa shape index (κ3) is 6.37. The molecule has 164 valence electrons. The Morgan fingerprint density at radius 3 is 2.35 bits per heavy atom. The molecule has 2 aromatic carbocycles. The number of halogens is 2. The topological polar surface area (TPSA) is 78.5 Å². The summed E-state index contributed by atoms with van der Waals surface area (Å²) in [4.78, 5) is 38.4. The number of hydrogen-bond donors (Lipinski definition) is 2. The van der Waals surface area contributed by atoms with E-state index in [0.717, 1.165) is 10.0 Å². The van der Waals surface area contributed by atoms with E-state index in [1.54, 1.807) is 17.0 Å². The Labute approximate surface area is 189 Å². The molecule has 1 saturated heterocycles. The lowest BCUT2D eigenvalue weighted by Crippen LogP contribution is -2.47. The van der Waals surface area contributed by atoms with Crippen molar-refractivity contribution in [1.29, 1.82) is 0 Å². The van der Waals surface area contributed by atoms with E-state index >= 15 is 0 Å². The normalized spacial score (nSPS) is 15.3. The van der Waals surface area contributed by atoms with Gasteiger partial charge in [0.15, 0.2) is 0 Å². The molecule has 0 aromatic heterocycles. The van der Waals surface area contributed by atoms with Crippen molar-refractivity contribution in [3.05, 3.63) is 69.9 Å². The first-order chi connectivity index (χ1) is 14.8. The van der Waals surface area contributed by atoms with Crippen LogP contribution in [0.5, 0.6) is 0 Å². The highest BCUT2D eigenvalue weighted by Gasteiger charge is 2.27. The van der Waals surface area contributed by atoms with Crippen molar-refractivity contribution in [2.75, 3.05) is 13.1 Å². The maximum Gasteiger partial charge on any atom is 0.256 e. The van der Waals surface area contributed by atoms with E-state index in [9.17, 15) is 18.8 Å². The molecule has 0 bridgehead atoms. The average molecular weight is 490 g/mol. The van der Waals surface area contributed by atoms with Crippen LogP contribution in [0.4, 0.5) is 4.39 Å². The van der Waals surface area contributed by atoms with Crippen LogP contribution < -0.4 is 10.6 Å². The lowest BCUT2D eigenvalue weighted by molar-refractivity contribution is -0.123. The number of carbonyl (C=O) groups excluding carboxylic acids is 3. The lowest BCUT2D eigenvalue weighted by Gasteiger charge is -2.33. The zero-order chi connectivity index (χ0) is 22.4. The predicted octanol–water partition coefficient (Wildman–Crippen LogP) is 3.58. The van der Waals surface area contributed by atoms with Gasteiger partial charge in [-0.3, -0.25) is 14.4 Å². The number of rotatable bonds is 6. The molecule has 1 heterocycles. The number of nitrogens with one attached hydrogen (secondary N) is 2. The largest absolute Gasteiger partial charge is 0.353 e. The van der Waals surface area contributed by atoms with Crippen LogP contribution >= 0.6 is 15.9 Å². The number of likely N-dealkylation sites (tertiary alicyclic amines) is 1. The molecule has 0 saturated carbocycles. The van der Waals surface area contributed by atoms with E-state index in [1.807, 2.05) is 24.3 Å². The van der Waals surface area contributed by atoms with E-state index in [1.165, 1.54) is 19.1 Å². The predicted molar refractivity (Wildman–Crippen MR) is 119 cm³/mol. The summed E-state index contributed by atoms with van der Waals surface area (Å²) in [7, 11) is 0. The van der Waals surface area contributed by atoms with Gasteiger partial charge in [0.1, 0.15) is 5.82 Å². The van der Waals surface area contributed by atoms with Crippen molar-refractivity contribution in [1.82, 2.24) is 15.5 Å². The first-order valence-electron chi connectivity index (χ1n) is 10.2. The van der Waals surface area contributed by atoms with Crippen molar-refractivity contribution < 1.29 is 18.8 Å². The van der Waals surface area contributed by atoms with Gasteiger partial charge in [0, 0.05) is 30.5 Å². The Morgan fingerprint density at radius 2 is 1.74 bits per heavy atom. The van der Waals surface area contributed by atoms with E-state index in [4.69, 9.17) is 0 Å². The minimum Gasteiger partial charge on any atom is -0.353 e. The summed E-state index contributed by atoms with van der Waals surface area (Å²) in [5.74, 6) is -1.23. The van der Waals surface area contributed by atoms with E-state index in [0.29, 0.717) is 25.9 Å². The van der Waals surface area contributed by atoms with Gasteiger partial charge in [-0.05, 0) is 42.7 Å². The third-order valence-electron chi connectivity index (χ3n) is 5.29. The molecule has 1 fully saturated rings. The minimum atomic E-state index is -0.528. The number of amides is 3. The molecule has 2 N–H and O–H groups in total. The number of nitrogens with zero attached hydrogens (tertiary/aromatic N) is 1. The lowest BCUT2D eigenvalue weighted by atomic mass is 10.0. The summed E-state index contributed by atoms with van der Waals surface area (Å²) < 4.78 is 14.8. The molecule has 31 heavy (non-hydrogen) atoms. The molecule has 1 aliphatic rings. The fourth-order valence-electron chi connectivity index (χ4n) is 3.70. The highest BCUT2D eigenvalue weighted by molar-refractivity contribution is 9.10. The summed E-state index contributed by atoms with van der Waals surface area (Å²) in [6.07, 6.45) is 1.31.